The summed E-state index contributed by atoms with van der Waals surface area (Å²) >= 11 is 0. The van der Waals surface area contributed by atoms with E-state index in [0.29, 0.717) is 6.54 Å². The van der Waals surface area contributed by atoms with Gasteiger partial charge in [0.25, 0.3) is 0 Å². The van der Waals surface area contributed by atoms with Gasteiger partial charge in [0.05, 0.1) is 12.1 Å². The lowest BCUT2D eigenvalue weighted by atomic mass is 9.82. The molecule has 0 spiro atoms. The summed E-state index contributed by atoms with van der Waals surface area (Å²) in [5.74, 6) is 0.0340. The Balaban J connectivity index is 0. The summed E-state index contributed by atoms with van der Waals surface area (Å²) in [6.07, 6.45) is 5.95. The van der Waals surface area contributed by atoms with Crippen LogP contribution in [0.15, 0.2) is 0 Å². The van der Waals surface area contributed by atoms with E-state index in [0.717, 1.165) is 51.8 Å². The molecular formula is C14H31Cl2N3O2. The highest BCUT2D eigenvalue weighted by atomic mass is 35.5. The molecule has 1 aliphatic rings. The zero-order valence-corrected chi connectivity index (χ0v) is 14.9. The Labute approximate surface area is 141 Å². The molecule has 0 unspecified atom stereocenters. The molecule has 7 heteroatoms. The van der Waals surface area contributed by atoms with E-state index in [-0.39, 0.29) is 30.7 Å². The molecule has 1 amide bonds. The van der Waals surface area contributed by atoms with E-state index in [1.165, 1.54) is 6.42 Å². The highest BCUT2D eigenvalue weighted by Gasteiger charge is 2.34. The highest BCUT2D eigenvalue weighted by molar-refractivity contribution is 5.86. The van der Waals surface area contributed by atoms with Gasteiger partial charge in [0.15, 0.2) is 0 Å². The van der Waals surface area contributed by atoms with Crippen LogP contribution in [-0.2, 0) is 9.53 Å². The maximum Gasteiger partial charge on any atom is 0.240 e. The number of nitrogens with one attached hydrogen (secondary N) is 1. The number of halogens is 2. The molecule has 128 valence electrons. The summed E-state index contributed by atoms with van der Waals surface area (Å²) in [5, 5.41) is 2.98. The summed E-state index contributed by atoms with van der Waals surface area (Å²) in [7, 11) is 3.77. The Hall–Kier alpha value is -0.0700. The van der Waals surface area contributed by atoms with Crippen LogP contribution < -0.4 is 11.1 Å². The molecule has 0 radical (unpaired) electrons. The van der Waals surface area contributed by atoms with E-state index in [4.69, 9.17) is 10.5 Å². The Morgan fingerprint density at radius 1 is 1.24 bits per heavy atom. The van der Waals surface area contributed by atoms with Crippen molar-refractivity contribution >= 4 is 30.7 Å². The normalized spacial score (nSPS) is 16.8. The van der Waals surface area contributed by atoms with Crippen LogP contribution in [-0.4, -0.2) is 56.7 Å². The topological polar surface area (TPSA) is 67.6 Å². The van der Waals surface area contributed by atoms with Crippen molar-refractivity contribution in [2.45, 2.75) is 44.1 Å². The van der Waals surface area contributed by atoms with Gasteiger partial charge in [0.1, 0.15) is 0 Å². The number of ether oxygens (including phenoxy) is 1. The fourth-order valence-corrected chi connectivity index (χ4v) is 2.50. The Kier molecular flexibility index (Phi) is 13.8. The van der Waals surface area contributed by atoms with Crippen molar-refractivity contribution in [3.05, 3.63) is 0 Å². The fraction of sp³-hybridized carbons (Fsp3) is 0.929. The van der Waals surface area contributed by atoms with Crippen LogP contribution in [0, 0.1) is 0 Å². The van der Waals surface area contributed by atoms with Crippen molar-refractivity contribution in [3.8, 4) is 0 Å². The maximum atomic E-state index is 12.1. The van der Waals surface area contributed by atoms with Gasteiger partial charge in [-0.1, -0.05) is 19.3 Å². The maximum absolute atomic E-state index is 12.1. The lowest BCUT2D eigenvalue weighted by molar-refractivity contribution is -0.127. The number of nitrogens with zero attached hydrogens (tertiary/aromatic N) is 1. The van der Waals surface area contributed by atoms with Gasteiger partial charge < -0.3 is 20.7 Å². The second kappa shape index (κ2) is 12.5. The number of carbonyl (C=O) groups excluding carboxylic acids is 1. The lowest BCUT2D eigenvalue weighted by Gasteiger charge is -2.31. The van der Waals surface area contributed by atoms with Crippen LogP contribution >= 0.6 is 24.8 Å². The van der Waals surface area contributed by atoms with Crippen LogP contribution in [0.2, 0.25) is 0 Å². The van der Waals surface area contributed by atoms with Gasteiger partial charge in [0, 0.05) is 20.2 Å². The molecule has 21 heavy (non-hydrogen) atoms. The van der Waals surface area contributed by atoms with E-state index in [2.05, 4.69) is 17.3 Å². The van der Waals surface area contributed by atoms with Crippen LogP contribution in [0.1, 0.15) is 38.5 Å². The third kappa shape index (κ3) is 8.83. The zero-order valence-electron chi connectivity index (χ0n) is 13.2. The number of hydrogen-bond donors (Lipinski definition) is 2. The van der Waals surface area contributed by atoms with Gasteiger partial charge in [-0.25, -0.2) is 0 Å². The van der Waals surface area contributed by atoms with E-state index in [1.807, 2.05) is 0 Å². The van der Waals surface area contributed by atoms with Gasteiger partial charge in [-0.3, -0.25) is 4.79 Å². The molecule has 0 aromatic carbocycles. The Bertz CT molecular complexity index is 275. The van der Waals surface area contributed by atoms with Crippen molar-refractivity contribution < 1.29 is 9.53 Å². The third-order valence-corrected chi connectivity index (χ3v) is 3.88. The first-order valence-electron chi connectivity index (χ1n) is 7.33. The minimum absolute atomic E-state index is 0. The molecule has 0 atom stereocenters. The second-order valence-electron chi connectivity index (χ2n) is 5.62. The summed E-state index contributed by atoms with van der Waals surface area (Å²) in [4.78, 5) is 14.3. The van der Waals surface area contributed by atoms with Gasteiger partial charge >= 0.3 is 0 Å². The minimum Gasteiger partial charge on any atom is -0.383 e. The molecule has 5 nitrogen and oxygen atoms in total. The molecule has 1 fully saturated rings. The summed E-state index contributed by atoms with van der Waals surface area (Å²) in [6.45, 7) is 3.33. The quantitative estimate of drug-likeness (QED) is 0.656. The highest BCUT2D eigenvalue weighted by Crippen LogP contribution is 2.25. The van der Waals surface area contributed by atoms with Crippen molar-refractivity contribution in [2.24, 2.45) is 5.73 Å². The average Bonchev–Trinajstić information content (AvgIpc) is 2.41. The molecule has 3 N–H and O–H groups in total. The van der Waals surface area contributed by atoms with Crippen molar-refractivity contribution in [1.82, 2.24) is 10.2 Å². The number of rotatable bonds is 8. The van der Waals surface area contributed by atoms with Crippen molar-refractivity contribution in [1.29, 1.82) is 0 Å². The lowest BCUT2D eigenvalue weighted by Crippen LogP contribution is -2.55. The number of methoxy groups -OCH3 is 1. The van der Waals surface area contributed by atoms with Gasteiger partial charge in [-0.2, -0.15) is 0 Å². The summed E-state index contributed by atoms with van der Waals surface area (Å²) in [6, 6.07) is 0. The second-order valence-corrected chi connectivity index (χ2v) is 5.62. The van der Waals surface area contributed by atoms with E-state index < -0.39 is 5.54 Å². The summed E-state index contributed by atoms with van der Waals surface area (Å²) in [5.41, 5.74) is 5.56. The number of nitrogens with two attached hydrogens (primary N) is 1. The predicted octanol–water partition coefficient (Wildman–Crippen LogP) is 1.58. The average molecular weight is 344 g/mol. The molecular weight excluding hydrogens is 313 g/mol. The van der Waals surface area contributed by atoms with E-state index in [1.54, 1.807) is 7.11 Å². The monoisotopic (exact) mass is 343 g/mol. The van der Waals surface area contributed by atoms with Crippen LogP contribution in [0.4, 0.5) is 0 Å². The van der Waals surface area contributed by atoms with Crippen LogP contribution in [0.5, 0.6) is 0 Å². The molecule has 1 rings (SSSR count). The van der Waals surface area contributed by atoms with Crippen LogP contribution in [0.25, 0.3) is 0 Å². The first-order valence-corrected chi connectivity index (χ1v) is 7.33. The molecule has 0 saturated heterocycles. The van der Waals surface area contributed by atoms with Gasteiger partial charge in [0.2, 0.25) is 5.91 Å². The molecule has 1 saturated carbocycles. The number of likely N-dealkylation sites (N-methyl/N-ethyl adjacent to an activating group) is 1. The SMILES string of the molecule is COCCN(C)CCCNC(=O)C1(N)CCCCC1.Cl.Cl. The minimum atomic E-state index is -0.611. The zero-order chi connectivity index (χ0) is 14.1. The first-order chi connectivity index (χ1) is 9.08. The Morgan fingerprint density at radius 3 is 2.43 bits per heavy atom. The number of carbonyl (C=O) groups is 1. The number of hydrogen-bond acceptors (Lipinski definition) is 4. The van der Waals surface area contributed by atoms with Crippen molar-refractivity contribution in [2.75, 3.05) is 40.4 Å². The molecule has 1 aliphatic carbocycles. The fourth-order valence-electron chi connectivity index (χ4n) is 2.50. The molecule has 0 bridgehead atoms. The standard InChI is InChI=1S/C14H29N3O2.2ClH/c1-17(11-12-19-2)10-6-9-16-13(18)14(15)7-4-3-5-8-14;;/h3-12,15H2,1-2H3,(H,16,18);2*1H. The van der Waals surface area contributed by atoms with Gasteiger partial charge in [-0.15, -0.1) is 24.8 Å². The molecule has 0 aromatic rings. The summed E-state index contributed by atoms with van der Waals surface area (Å²) < 4.78 is 5.02. The van der Waals surface area contributed by atoms with Crippen LogP contribution in [0.3, 0.4) is 0 Å². The smallest absolute Gasteiger partial charge is 0.240 e. The predicted molar refractivity (Wildman–Crippen MR) is 91.5 cm³/mol. The van der Waals surface area contributed by atoms with Crippen molar-refractivity contribution in [3.63, 3.8) is 0 Å². The molecule has 0 aromatic heterocycles. The Morgan fingerprint density at radius 2 is 1.86 bits per heavy atom. The molecule has 0 aliphatic heterocycles. The molecule has 0 heterocycles. The first kappa shape index (κ1) is 23.2. The number of amides is 1. The largest absolute Gasteiger partial charge is 0.383 e. The van der Waals surface area contributed by atoms with Gasteiger partial charge in [-0.05, 0) is 32.9 Å². The third-order valence-electron chi connectivity index (χ3n) is 3.88. The van der Waals surface area contributed by atoms with E-state index in [9.17, 15) is 4.79 Å². The van der Waals surface area contributed by atoms with E-state index >= 15 is 0 Å².